The monoisotopic (exact) mass is 224 g/mol. The second kappa shape index (κ2) is 5.75. The van der Waals surface area contributed by atoms with Crippen molar-refractivity contribution in [1.29, 1.82) is 0 Å². The Morgan fingerprint density at radius 3 is 2.47 bits per heavy atom. The molecule has 3 nitrogen and oxygen atoms in total. The molecule has 1 unspecified atom stereocenters. The normalized spacial score (nSPS) is 13.4. The van der Waals surface area contributed by atoms with Crippen molar-refractivity contribution in [2.45, 2.75) is 25.6 Å². The van der Waals surface area contributed by atoms with E-state index in [4.69, 9.17) is 5.73 Å². The van der Waals surface area contributed by atoms with E-state index in [1.165, 1.54) is 13.0 Å². The summed E-state index contributed by atoms with van der Waals surface area (Å²) in [6, 6.07) is -0.940. The Kier molecular flexibility index (Phi) is 5.35. The molecule has 1 amide bonds. The van der Waals surface area contributed by atoms with Crippen molar-refractivity contribution in [1.82, 2.24) is 4.90 Å². The molecule has 0 bridgehead atoms. The SMILES string of the molecule is C=CCC(N)C(=O)N(CC)CC(F)(F)F. The van der Waals surface area contributed by atoms with Crippen molar-refractivity contribution in [3.63, 3.8) is 0 Å². The van der Waals surface area contributed by atoms with Crippen molar-refractivity contribution in [3.05, 3.63) is 12.7 Å². The second-order valence-electron chi connectivity index (χ2n) is 3.10. The van der Waals surface area contributed by atoms with Crippen LogP contribution in [0.4, 0.5) is 13.2 Å². The van der Waals surface area contributed by atoms with Crippen LogP contribution in [0.15, 0.2) is 12.7 Å². The third-order valence-corrected chi connectivity index (χ3v) is 1.80. The number of hydrogen-bond donors (Lipinski definition) is 1. The quantitative estimate of drug-likeness (QED) is 0.715. The molecule has 0 aromatic carbocycles. The van der Waals surface area contributed by atoms with E-state index in [2.05, 4.69) is 6.58 Å². The van der Waals surface area contributed by atoms with Crippen LogP contribution in [-0.4, -0.2) is 36.1 Å². The van der Waals surface area contributed by atoms with Crippen LogP contribution < -0.4 is 5.73 Å². The van der Waals surface area contributed by atoms with Gasteiger partial charge in [-0.05, 0) is 13.3 Å². The topological polar surface area (TPSA) is 46.3 Å². The standard InChI is InChI=1S/C9H15F3N2O/c1-3-5-7(13)8(15)14(4-2)6-9(10,11)12/h3,7H,1,4-6,13H2,2H3. The van der Waals surface area contributed by atoms with Gasteiger partial charge in [-0.2, -0.15) is 13.2 Å². The van der Waals surface area contributed by atoms with Gasteiger partial charge in [0.15, 0.2) is 0 Å². The zero-order chi connectivity index (χ0) is 12.1. The van der Waals surface area contributed by atoms with Gasteiger partial charge in [-0.25, -0.2) is 0 Å². The van der Waals surface area contributed by atoms with E-state index in [0.29, 0.717) is 4.90 Å². The fourth-order valence-corrected chi connectivity index (χ4v) is 1.08. The maximum Gasteiger partial charge on any atom is 0.406 e. The molecule has 0 aromatic heterocycles. The largest absolute Gasteiger partial charge is 0.406 e. The van der Waals surface area contributed by atoms with Crippen LogP contribution in [0.25, 0.3) is 0 Å². The Morgan fingerprint density at radius 1 is 1.60 bits per heavy atom. The van der Waals surface area contributed by atoms with E-state index in [-0.39, 0.29) is 13.0 Å². The van der Waals surface area contributed by atoms with E-state index >= 15 is 0 Å². The predicted molar refractivity (Wildman–Crippen MR) is 51.1 cm³/mol. The van der Waals surface area contributed by atoms with Gasteiger partial charge in [0.25, 0.3) is 0 Å². The Morgan fingerprint density at radius 2 is 2.13 bits per heavy atom. The van der Waals surface area contributed by atoms with Crippen molar-refractivity contribution in [3.8, 4) is 0 Å². The first-order valence-corrected chi connectivity index (χ1v) is 4.53. The average molecular weight is 224 g/mol. The van der Waals surface area contributed by atoms with E-state index in [1.54, 1.807) is 0 Å². The number of nitrogens with zero attached hydrogens (tertiary/aromatic N) is 1. The lowest BCUT2D eigenvalue weighted by molar-refractivity contribution is -0.161. The molecule has 0 aliphatic rings. The summed E-state index contributed by atoms with van der Waals surface area (Å²) in [5.41, 5.74) is 5.39. The van der Waals surface area contributed by atoms with Gasteiger partial charge in [0, 0.05) is 6.54 Å². The molecule has 1 atom stereocenters. The fraction of sp³-hybridized carbons (Fsp3) is 0.667. The second-order valence-corrected chi connectivity index (χ2v) is 3.10. The summed E-state index contributed by atoms with van der Waals surface area (Å²) in [7, 11) is 0. The first-order chi connectivity index (χ1) is 6.81. The minimum Gasteiger partial charge on any atom is -0.333 e. The highest BCUT2D eigenvalue weighted by atomic mass is 19.4. The number of hydrogen-bond acceptors (Lipinski definition) is 2. The zero-order valence-electron chi connectivity index (χ0n) is 8.55. The number of carbonyl (C=O) groups is 1. The Labute approximate surface area is 86.7 Å². The molecule has 0 aliphatic heterocycles. The van der Waals surface area contributed by atoms with Crippen molar-refractivity contribution in [2.75, 3.05) is 13.1 Å². The van der Waals surface area contributed by atoms with Crippen LogP contribution in [0.2, 0.25) is 0 Å². The van der Waals surface area contributed by atoms with Gasteiger partial charge in [-0.3, -0.25) is 4.79 Å². The molecular formula is C9H15F3N2O. The highest BCUT2D eigenvalue weighted by Crippen LogP contribution is 2.16. The maximum atomic E-state index is 12.0. The van der Waals surface area contributed by atoms with E-state index in [9.17, 15) is 18.0 Å². The van der Waals surface area contributed by atoms with Gasteiger partial charge in [0.05, 0.1) is 6.04 Å². The molecule has 0 spiro atoms. The van der Waals surface area contributed by atoms with Crippen LogP contribution in [-0.2, 0) is 4.79 Å². The average Bonchev–Trinajstić information content (AvgIpc) is 2.12. The van der Waals surface area contributed by atoms with Crippen LogP contribution >= 0.6 is 0 Å². The number of amides is 1. The Balaban J connectivity index is 4.40. The summed E-state index contributed by atoms with van der Waals surface area (Å²) in [6.07, 6.45) is -2.81. The summed E-state index contributed by atoms with van der Waals surface area (Å²) in [4.78, 5) is 12.1. The molecule has 0 aliphatic carbocycles. The summed E-state index contributed by atoms with van der Waals surface area (Å²) in [5, 5.41) is 0. The molecule has 15 heavy (non-hydrogen) atoms. The summed E-state index contributed by atoms with van der Waals surface area (Å²) in [6.45, 7) is 3.58. The molecule has 0 rings (SSSR count). The van der Waals surface area contributed by atoms with Gasteiger partial charge in [-0.15, -0.1) is 6.58 Å². The molecule has 6 heteroatoms. The van der Waals surface area contributed by atoms with E-state index in [1.807, 2.05) is 0 Å². The molecule has 0 saturated carbocycles. The van der Waals surface area contributed by atoms with Crippen LogP contribution in [0.5, 0.6) is 0 Å². The third kappa shape index (κ3) is 5.41. The molecule has 2 N–H and O–H groups in total. The lowest BCUT2D eigenvalue weighted by atomic mass is 10.2. The van der Waals surface area contributed by atoms with Crippen molar-refractivity contribution in [2.24, 2.45) is 5.73 Å². The summed E-state index contributed by atoms with van der Waals surface area (Å²) in [5.74, 6) is -0.699. The molecule has 0 aromatic rings. The lowest BCUT2D eigenvalue weighted by Crippen LogP contribution is -2.47. The van der Waals surface area contributed by atoms with Crippen molar-refractivity contribution >= 4 is 5.91 Å². The molecule has 0 fully saturated rings. The van der Waals surface area contributed by atoms with Gasteiger partial charge in [0.2, 0.25) is 5.91 Å². The van der Waals surface area contributed by atoms with Gasteiger partial charge >= 0.3 is 6.18 Å². The number of nitrogens with two attached hydrogens (primary N) is 1. The maximum absolute atomic E-state index is 12.0. The van der Waals surface area contributed by atoms with E-state index in [0.717, 1.165) is 0 Å². The lowest BCUT2D eigenvalue weighted by Gasteiger charge is -2.24. The minimum atomic E-state index is -4.39. The molecule has 88 valence electrons. The Bertz CT molecular complexity index is 228. The molecular weight excluding hydrogens is 209 g/mol. The Hall–Kier alpha value is -1.04. The first kappa shape index (κ1) is 14.0. The van der Waals surface area contributed by atoms with Gasteiger partial charge in [-0.1, -0.05) is 6.08 Å². The third-order valence-electron chi connectivity index (χ3n) is 1.80. The van der Waals surface area contributed by atoms with Gasteiger partial charge in [0.1, 0.15) is 6.54 Å². The van der Waals surface area contributed by atoms with Crippen LogP contribution in [0.1, 0.15) is 13.3 Å². The highest BCUT2D eigenvalue weighted by Gasteiger charge is 2.33. The number of carbonyl (C=O) groups excluding carboxylic acids is 1. The van der Waals surface area contributed by atoms with Crippen molar-refractivity contribution < 1.29 is 18.0 Å². The summed E-state index contributed by atoms with van der Waals surface area (Å²) < 4.78 is 36.1. The molecule has 0 saturated heterocycles. The highest BCUT2D eigenvalue weighted by molar-refractivity contribution is 5.81. The van der Waals surface area contributed by atoms with Gasteiger partial charge < -0.3 is 10.6 Å². The number of halogens is 3. The molecule has 0 radical (unpaired) electrons. The van der Waals surface area contributed by atoms with Crippen LogP contribution in [0.3, 0.4) is 0 Å². The number of alkyl halides is 3. The number of likely N-dealkylation sites (N-methyl/N-ethyl adjacent to an activating group) is 1. The summed E-state index contributed by atoms with van der Waals surface area (Å²) >= 11 is 0. The minimum absolute atomic E-state index is 0.0107. The van der Waals surface area contributed by atoms with E-state index < -0.39 is 24.7 Å². The molecule has 0 heterocycles. The van der Waals surface area contributed by atoms with Crippen LogP contribution in [0, 0.1) is 0 Å². The zero-order valence-corrected chi connectivity index (χ0v) is 8.55. The smallest absolute Gasteiger partial charge is 0.333 e. The number of rotatable bonds is 5. The predicted octanol–water partition coefficient (Wildman–Crippen LogP) is 1.30. The first-order valence-electron chi connectivity index (χ1n) is 4.53. The fourth-order valence-electron chi connectivity index (χ4n) is 1.08.